The van der Waals surface area contributed by atoms with E-state index in [9.17, 15) is 15.4 Å². The van der Waals surface area contributed by atoms with Gasteiger partial charge in [0.2, 0.25) is 0 Å². The van der Waals surface area contributed by atoms with Crippen molar-refractivity contribution in [1.82, 2.24) is 0 Å². The Morgan fingerprint density at radius 3 is 2.54 bits per heavy atom. The van der Waals surface area contributed by atoms with Crippen LogP contribution in [0.5, 0.6) is 11.5 Å². The number of nitro groups is 1. The summed E-state index contributed by atoms with van der Waals surface area (Å²) in [5, 5.41) is 20.5. The van der Waals surface area contributed by atoms with Gasteiger partial charge < -0.3 is 9.47 Å². The lowest BCUT2D eigenvalue weighted by Gasteiger charge is -2.13. The lowest BCUT2D eigenvalue weighted by Crippen LogP contribution is -1.98. The van der Waals surface area contributed by atoms with Gasteiger partial charge in [0.1, 0.15) is 11.5 Å². The largest absolute Gasteiger partial charge is 0.493 e. The van der Waals surface area contributed by atoms with Crippen molar-refractivity contribution in [3.63, 3.8) is 0 Å². The lowest BCUT2D eigenvalue weighted by molar-refractivity contribution is -0.384. The zero-order valence-corrected chi connectivity index (χ0v) is 15.9. The Kier molecular flexibility index (Phi) is 6.75. The first kappa shape index (κ1) is 19.5. The number of nitrogens with zero attached hydrogens (tertiary/aromatic N) is 2. The molecule has 0 aliphatic heterocycles. The molecule has 0 N–H and O–H groups in total. The maximum Gasteiger partial charge on any atom is 0.270 e. The Morgan fingerprint density at radius 2 is 1.92 bits per heavy atom. The molecule has 2 rings (SSSR count). The molecule has 6 nitrogen and oxygen atoms in total. The van der Waals surface area contributed by atoms with Gasteiger partial charge in [0, 0.05) is 23.8 Å². The Bertz CT molecular complexity index is 888. The van der Waals surface area contributed by atoms with Crippen molar-refractivity contribution in [1.29, 1.82) is 5.26 Å². The van der Waals surface area contributed by atoms with Gasteiger partial charge >= 0.3 is 0 Å². The minimum Gasteiger partial charge on any atom is -0.493 e. The number of nitro benzene ring substituents is 1. The Hall–Kier alpha value is -2.85. The second-order valence-corrected chi connectivity index (χ2v) is 6.02. The molecule has 0 aromatic heterocycles. The molecule has 0 aliphatic carbocycles. The van der Waals surface area contributed by atoms with Gasteiger partial charge in [0.05, 0.1) is 34.3 Å². The molecule has 0 unspecified atom stereocenters. The van der Waals surface area contributed by atoms with Crippen LogP contribution in [0.4, 0.5) is 5.69 Å². The number of benzene rings is 2. The van der Waals surface area contributed by atoms with Gasteiger partial charge in [-0.25, -0.2) is 0 Å². The van der Waals surface area contributed by atoms with Crippen LogP contribution in [0, 0.1) is 21.4 Å². The van der Waals surface area contributed by atoms with Gasteiger partial charge in [-0.3, -0.25) is 10.1 Å². The van der Waals surface area contributed by atoms with Crippen molar-refractivity contribution in [2.24, 2.45) is 0 Å². The van der Waals surface area contributed by atoms with Crippen molar-refractivity contribution < 1.29 is 14.4 Å². The lowest BCUT2D eigenvalue weighted by atomic mass is 10.0. The molecule has 0 aliphatic rings. The topological polar surface area (TPSA) is 85.4 Å². The highest BCUT2D eigenvalue weighted by atomic mass is 79.9. The van der Waals surface area contributed by atoms with E-state index in [1.54, 1.807) is 30.3 Å². The maximum absolute atomic E-state index is 11.0. The second kappa shape index (κ2) is 9.02. The number of ether oxygens (including phenoxy) is 2. The van der Waals surface area contributed by atoms with Gasteiger partial charge in [-0.05, 0) is 47.5 Å². The van der Waals surface area contributed by atoms with Crippen LogP contribution in [0.1, 0.15) is 25.0 Å². The smallest absolute Gasteiger partial charge is 0.270 e. The molecule has 0 heterocycles. The summed E-state index contributed by atoms with van der Waals surface area (Å²) in [6, 6.07) is 11.6. The summed E-state index contributed by atoms with van der Waals surface area (Å²) in [5.74, 6) is 1.21. The molecule has 0 radical (unpaired) electrons. The van der Waals surface area contributed by atoms with Gasteiger partial charge in [-0.2, -0.15) is 5.26 Å². The Labute approximate surface area is 159 Å². The molecule has 0 bridgehead atoms. The summed E-state index contributed by atoms with van der Waals surface area (Å²) in [6.07, 6.45) is 1.64. The molecule has 0 saturated heterocycles. The third-order valence-corrected chi connectivity index (χ3v) is 4.07. The van der Waals surface area contributed by atoms with Crippen LogP contribution in [0.2, 0.25) is 0 Å². The minimum atomic E-state index is -0.489. The summed E-state index contributed by atoms with van der Waals surface area (Å²) in [7, 11) is 0. The molecular formula is C19H17BrN2O4. The second-order valence-electron chi connectivity index (χ2n) is 5.16. The molecule has 7 heteroatoms. The molecule has 2 aromatic rings. The molecule has 2 aromatic carbocycles. The zero-order chi connectivity index (χ0) is 19.1. The molecular weight excluding hydrogens is 400 g/mol. The van der Waals surface area contributed by atoms with Gasteiger partial charge in [-0.1, -0.05) is 12.1 Å². The minimum absolute atomic E-state index is 0.0680. The van der Waals surface area contributed by atoms with Crippen molar-refractivity contribution in [3.8, 4) is 17.6 Å². The van der Waals surface area contributed by atoms with Crippen molar-refractivity contribution in [2.75, 3.05) is 13.2 Å². The number of allylic oxidation sites excluding steroid dienone is 1. The summed E-state index contributed by atoms with van der Waals surface area (Å²) >= 11 is 3.45. The van der Waals surface area contributed by atoms with E-state index in [1.165, 1.54) is 12.1 Å². The normalized spacial score (nSPS) is 10.9. The highest BCUT2D eigenvalue weighted by Gasteiger charge is 2.13. The van der Waals surface area contributed by atoms with Crippen LogP contribution in [-0.2, 0) is 0 Å². The SMILES string of the molecule is CCOc1cc(OCC)c(/C=C(/C#N)c2cccc([N+](=O)[O-])c2)cc1Br. The number of hydrogen-bond donors (Lipinski definition) is 0. The van der Waals surface area contributed by atoms with E-state index in [-0.39, 0.29) is 5.69 Å². The summed E-state index contributed by atoms with van der Waals surface area (Å²) in [6.45, 7) is 4.71. The molecule has 134 valence electrons. The quantitative estimate of drug-likeness (QED) is 0.267. The fraction of sp³-hybridized carbons (Fsp3) is 0.211. The van der Waals surface area contributed by atoms with E-state index in [4.69, 9.17) is 9.47 Å². The Morgan fingerprint density at radius 1 is 1.23 bits per heavy atom. The average Bonchev–Trinajstić information content (AvgIpc) is 2.63. The monoisotopic (exact) mass is 416 g/mol. The van der Waals surface area contributed by atoms with Crippen LogP contribution >= 0.6 is 15.9 Å². The van der Waals surface area contributed by atoms with E-state index in [1.807, 2.05) is 13.8 Å². The van der Waals surface area contributed by atoms with Gasteiger partial charge in [-0.15, -0.1) is 0 Å². The number of halogens is 1. The number of non-ortho nitro benzene ring substituents is 1. The Balaban J connectivity index is 2.54. The van der Waals surface area contributed by atoms with Crippen LogP contribution < -0.4 is 9.47 Å². The van der Waals surface area contributed by atoms with Crippen LogP contribution in [0.25, 0.3) is 11.6 Å². The van der Waals surface area contributed by atoms with E-state index in [0.29, 0.717) is 41.4 Å². The average molecular weight is 417 g/mol. The molecule has 0 spiro atoms. The predicted octanol–water partition coefficient (Wildman–Crippen LogP) is 5.22. The van der Waals surface area contributed by atoms with Crippen molar-refractivity contribution in [3.05, 3.63) is 62.1 Å². The number of nitriles is 1. The number of hydrogen-bond acceptors (Lipinski definition) is 5. The van der Waals surface area contributed by atoms with Crippen LogP contribution in [0.15, 0.2) is 40.9 Å². The highest BCUT2D eigenvalue weighted by Crippen LogP contribution is 2.35. The standard InChI is InChI=1S/C19H17BrN2O4/c1-3-25-18-11-19(26-4-2)17(20)10-14(18)8-15(12-21)13-6-5-7-16(9-13)22(23)24/h5-11H,3-4H2,1-2H3/b15-8-. The molecule has 0 amide bonds. The summed E-state index contributed by atoms with van der Waals surface area (Å²) < 4.78 is 11.9. The first-order valence-corrected chi connectivity index (χ1v) is 8.75. The van der Waals surface area contributed by atoms with E-state index < -0.39 is 4.92 Å². The van der Waals surface area contributed by atoms with Gasteiger partial charge in [0.25, 0.3) is 5.69 Å². The van der Waals surface area contributed by atoms with E-state index in [2.05, 4.69) is 22.0 Å². The van der Waals surface area contributed by atoms with Crippen molar-refractivity contribution >= 4 is 33.3 Å². The van der Waals surface area contributed by atoms with Crippen LogP contribution in [0.3, 0.4) is 0 Å². The highest BCUT2D eigenvalue weighted by molar-refractivity contribution is 9.10. The van der Waals surface area contributed by atoms with E-state index >= 15 is 0 Å². The number of rotatable bonds is 7. The first-order valence-electron chi connectivity index (χ1n) is 7.95. The van der Waals surface area contributed by atoms with Crippen molar-refractivity contribution in [2.45, 2.75) is 13.8 Å². The molecule has 0 fully saturated rings. The summed E-state index contributed by atoms with van der Waals surface area (Å²) in [4.78, 5) is 10.5. The maximum atomic E-state index is 11.0. The predicted molar refractivity (Wildman–Crippen MR) is 103 cm³/mol. The molecule has 0 saturated carbocycles. The van der Waals surface area contributed by atoms with Gasteiger partial charge in [0.15, 0.2) is 0 Å². The first-order chi connectivity index (χ1) is 12.5. The van der Waals surface area contributed by atoms with Crippen LogP contribution in [-0.4, -0.2) is 18.1 Å². The fourth-order valence-corrected chi connectivity index (χ4v) is 2.81. The fourth-order valence-electron chi connectivity index (χ4n) is 2.33. The molecule has 0 atom stereocenters. The molecule has 26 heavy (non-hydrogen) atoms. The van der Waals surface area contributed by atoms with E-state index in [0.717, 1.165) is 4.47 Å². The third-order valence-electron chi connectivity index (χ3n) is 3.45. The zero-order valence-electron chi connectivity index (χ0n) is 14.4. The third kappa shape index (κ3) is 4.61. The summed E-state index contributed by atoms with van der Waals surface area (Å²) in [5.41, 5.74) is 1.37.